The van der Waals surface area contributed by atoms with Gasteiger partial charge in [-0.2, -0.15) is 4.31 Å². The summed E-state index contributed by atoms with van der Waals surface area (Å²) < 4.78 is 26.9. The molecule has 0 N–H and O–H groups in total. The van der Waals surface area contributed by atoms with Crippen LogP contribution in [0.25, 0.3) is 0 Å². The minimum atomic E-state index is -3.48. The van der Waals surface area contributed by atoms with Crippen LogP contribution < -0.4 is 0 Å². The molecule has 6 heteroatoms. The van der Waals surface area contributed by atoms with E-state index in [2.05, 4.69) is 4.98 Å². The second kappa shape index (κ2) is 6.68. The number of pyridine rings is 1. The van der Waals surface area contributed by atoms with Crippen LogP contribution in [0.1, 0.15) is 32.1 Å². The normalized spacial score (nSPS) is 17.8. The summed E-state index contributed by atoms with van der Waals surface area (Å²) in [5.74, 6) is 0.315. The van der Waals surface area contributed by atoms with Crippen LogP contribution in [0, 0.1) is 0 Å². The van der Waals surface area contributed by atoms with E-state index in [9.17, 15) is 8.42 Å². The SMILES string of the molecule is O=S(=O)(c1cccnc1)N(CCCl)C1CCCCC1. The van der Waals surface area contributed by atoms with E-state index in [1.165, 1.54) is 12.6 Å². The molecule has 0 atom stereocenters. The molecule has 1 aliphatic carbocycles. The van der Waals surface area contributed by atoms with E-state index in [1.54, 1.807) is 22.6 Å². The average Bonchev–Trinajstić information content (AvgIpc) is 2.46. The van der Waals surface area contributed by atoms with Gasteiger partial charge in [0.15, 0.2) is 0 Å². The lowest BCUT2D eigenvalue weighted by atomic mass is 9.95. The number of aromatic nitrogens is 1. The Morgan fingerprint density at radius 1 is 1.32 bits per heavy atom. The number of hydrogen-bond donors (Lipinski definition) is 0. The van der Waals surface area contributed by atoms with Gasteiger partial charge in [0.1, 0.15) is 4.90 Å². The van der Waals surface area contributed by atoms with Gasteiger partial charge in [-0.05, 0) is 25.0 Å². The lowest BCUT2D eigenvalue weighted by Gasteiger charge is -2.32. The minimum Gasteiger partial charge on any atom is -0.263 e. The summed E-state index contributed by atoms with van der Waals surface area (Å²) in [5.41, 5.74) is 0. The Bertz CT molecular complexity index is 487. The predicted octanol–water partition coefficient (Wildman–Crippen LogP) is 2.64. The van der Waals surface area contributed by atoms with Crippen molar-refractivity contribution in [1.82, 2.24) is 9.29 Å². The Morgan fingerprint density at radius 3 is 2.63 bits per heavy atom. The maximum absolute atomic E-state index is 12.6. The first-order chi connectivity index (χ1) is 9.16. The molecule has 0 aromatic carbocycles. The third-order valence-corrected chi connectivity index (χ3v) is 5.63. The van der Waals surface area contributed by atoms with Gasteiger partial charge in [-0.25, -0.2) is 8.42 Å². The Labute approximate surface area is 119 Å². The quantitative estimate of drug-likeness (QED) is 0.786. The van der Waals surface area contributed by atoms with E-state index in [4.69, 9.17) is 11.6 Å². The van der Waals surface area contributed by atoms with Gasteiger partial charge in [-0.15, -0.1) is 11.6 Å². The molecule has 106 valence electrons. The van der Waals surface area contributed by atoms with Gasteiger partial charge in [-0.1, -0.05) is 19.3 Å². The van der Waals surface area contributed by atoms with E-state index in [-0.39, 0.29) is 10.9 Å². The third-order valence-electron chi connectivity index (χ3n) is 3.53. The Hall–Kier alpha value is -0.650. The van der Waals surface area contributed by atoms with Crippen LogP contribution in [0.5, 0.6) is 0 Å². The maximum Gasteiger partial charge on any atom is 0.244 e. The highest BCUT2D eigenvalue weighted by Gasteiger charge is 2.31. The van der Waals surface area contributed by atoms with E-state index in [0.29, 0.717) is 12.4 Å². The predicted molar refractivity (Wildman–Crippen MR) is 75.7 cm³/mol. The lowest BCUT2D eigenvalue weighted by molar-refractivity contribution is 0.262. The van der Waals surface area contributed by atoms with Crippen LogP contribution in [0.2, 0.25) is 0 Å². The van der Waals surface area contributed by atoms with Crippen molar-refractivity contribution >= 4 is 21.6 Å². The average molecular weight is 303 g/mol. The fourth-order valence-corrected chi connectivity index (χ4v) is 4.52. The molecular formula is C13H19ClN2O2S. The van der Waals surface area contributed by atoms with E-state index >= 15 is 0 Å². The second-order valence-electron chi connectivity index (χ2n) is 4.79. The van der Waals surface area contributed by atoms with Gasteiger partial charge < -0.3 is 0 Å². The van der Waals surface area contributed by atoms with Gasteiger partial charge in [0, 0.05) is 30.9 Å². The molecule has 19 heavy (non-hydrogen) atoms. The zero-order valence-corrected chi connectivity index (χ0v) is 12.4. The van der Waals surface area contributed by atoms with Crippen LogP contribution in [-0.2, 0) is 10.0 Å². The van der Waals surface area contributed by atoms with E-state index < -0.39 is 10.0 Å². The zero-order valence-electron chi connectivity index (χ0n) is 10.8. The third kappa shape index (κ3) is 3.46. The molecule has 1 aliphatic rings. The Kier molecular flexibility index (Phi) is 5.19. The summed E-state index contributed by atoms with van der Waals surface area (Å²) in [6.07, 6.45) is 8.20. The van der Waals surface area contributed by atoms with Crippen molar-refractivity contribution in [3.8, 4) is 0 Å². The molecule has 0 bridgehead atoms. The second-order valence-corrected chi connectivity index (χ2v) is 7.05. The maximum atomic E-state index is 12.6. The molecule has 1 fully saturated rings. The molecule has 0 spiro atoms. The molecule has 4 nitrogen and oxygen atoms in total. The van der Waals surface area contributed by atoms with Crippen LogP contribution in [-0.4, -0.2) is 36.2 Å². The first kappa shape index (κ1) is 14.8. The number of nitrogens with zero attached hydrogens (tertiary/aromatic N) is 2. The summed E-state index contributed by atoms with van der Waals surface area (Å²) in [5, 5.41) is 0. The van der Waals surface area contributed by atoms with E-state index in [0.717, 1.165) is 25.7 Å². The molecule has 1 heterocycles. The molecule has 0 amide bonds. The molecule has 1 saturated carbocycles. The Balaban J connectivity index is 2.27. The molecular weight excluding hydrogens is 284 g/mol. The summed E-state index contributed by atoms with van der Waals surface area (Å²) in [6.45, 7) is 0.365. The monoisotopic (exact) mass is 302 g/mol. The van der Waals surface area contributed by atoms with Crippen molar-refractivity contribution in [1.29, 1.82) is 0 Å². The molecule has 0 unspecified atom stereocenters. The molecule has 1 aromatic heterocycles. The molecule has 2 rings (SSSR count). The summed E-state index contributed by atoms with van der Waals surface area (Å²) in [7, 11) is -3.48. The lowest BCUT2D eigenvalue weighted by Crippen LogP contribution is -2.42. The highest BCUT2D eigenvalue weighted by molar-refractivity contribution is 7.89. The standard InChI is InChI=1S/C13H19ClN2O2S/c14-8-10-16(12-5-2-1-3-6-12)19(17,18)13-7-4-9-15-11-13/h4,7,9,11-12H,1-3,5-6,8,10H2. The topological polar surface area (TPSA) is 50.3 Å². The number of hydrogen-bond acceptors (Lipinski definition) is 3. The summed E-state index contributed by atoms with van der Waals surface area (Å²) in [6, 6.07) is 3.32. The molecule has 0 aliphatic heterocycles. The van der Waals surface area contributed by atoms with Gasteiger partial charge >= 0.3 is 0 Å². The van der Waals surface area contributed by atoms with Crippen LogP contribution >= 0.6 is 11.6 Å². The highest BCUT2D eigenvalue weighted by atomic mass is 35.5. The molecule has 1 aromatic rings. The van der Waals surface area contributed by atoms with Crippen LogP contribution in [0.3, 0.4) is 0 Å². The summed E-state index contributed by atoms with van der Waals surface area (Å²) >= 11 is 5.79. The smallest absolute Gasteiger partial charge is 0.244 e. The first-order valence-electron chi connectivity index (χ1n) is 6.64. The minimum absolute atomic E-state index is 0.0812. The van der Waals surface area contributed by atoms with Crippen molar-refractivity contribution < 1.29 is 8.42 Å². The van der Waals surface area contributed by atoms with Gasteiger partial charge in [0.25, 0.3) is 0 Å². The fourth-order valence-electron chi connectivity index (χ4n) is 2.59. The zero-order chi connectivity index (χ0) is 13.7. The highest BCUT2D eigenvalue weighted by Crippen LogP contribution is 2.27. The number of rotatable bonds is 5. The fraction of sp³-hybridized carbons (Fsp3) is 0.615. The largest absolute Gasteiger partial charge is 0.263 e. The number of halogens is 1. The van der Waals surface area contributed by atoms with E-state index in [1.807, 2.05) is 0 Å². The number of sulfonamides is 1. The molecule has 0 radical (unpaired) electrons. The van der Waals surface area contributed by atoms with Crippen molar-refractivity contribution in [2.75, 3.05) is 12.4 Å². The molecule has 0 saturated heterocycles. The number of alkyl halides is 1. The first-order valence-corrected chi connectivity index (χ1v) is 8.61. The van der Waals surface area contributed by atoms with Gasteiger partial charge in [-0.3, -0.25) is 4.98 Å². The van der Waals surface area contributed by atoms with Gasteiger partial charge in [0.2, 0.25) is 10.0 Å². The van der Waals surface area contributed by atoms with Crippen molar-refractivity contribution in [2.45, 2.75) is 43.0 Å². The summed E-state index contributed by atoms with van der Waals surface area (Å²) in [4.78, 5) is 4.16. The van der Waals surface area contributed by atoms with Crippen molar-refractivity contribution in [3.63, 3.8) is 0 Å². The van der Waals surface area contributed by atoms with Crippen LogP contribution in [0.4, 0.5) is 0 Å². The van der Waals surface area contributed by atoms with Gasteiger partial charge in [0.05, 0.1) is 0 Å². The Morgan fingerprint density at radius 2 is 2.05 bits per heavy atom. The van der Waals surface area contributed by atoms with Crippen molar-refractivity contribution in [2.24, 2.45) is 0 Å². The van der Waals surface area contributed by atoms with Crippen LogP contribution in [0.15, 0.2) is 29.4 Å². The van der Waals surface area contributed by atoms with Crippen molar-refractivity contribution in [3.05, 3.63) is 24.5 Å².